The predicted molar refractivity (Wildman–Crippen MR) is 77.1 cm³/mol. The van der Waals surface area contributed by atoms with E-state index >= 15 is 0 Å². The van der Waals surface area contributed by atoms with E-state index in [0.717, 1.165) is 0 Å². The molecule has 1 aromatic heterocycles. The third kappa shape index (κ3) is 1.90. The standard InChI is InChI=1S/C13H10Cl2N4O/c14-8-5-6-9(12(16)20)13(15,7-8)19-11-4-2-1-3-10(11)17-18-19/h1-7,9H,(H2,16,20). The van der Waals surface area contributed by atoms with Gasteiger partial charge in [0.15, 0.2) is 5.00 Å². The lowest BCUT2D eigenvalue weighted by atomic mass is 9.93. The predicted octanol–water partition coefficient (Wildman–Crippen LogP) is 2.12. The molecule has 0 aliphatic heterocycles. The number of rotatable bonds is 2. The summed E-state index contributed by atoms with van der Waals surface area (Å²) in [6, 6.07) is 7.31. The Morgan fingerprint density at radius 3 is 2.90 bits per heavy atom. The molecule has 20 heavy (non-hydrogen) atoms. The summed E-state index contributed by atoms with van der Waals surface area (Å²) >= 11 is 12.6. The number of para-hydroxylation sites is 1. The highest BCUT2D eigenvalue weighted by molar-refractivity contribution is 6.33. The highest BCUT2D eigenvalue weighted by Gasteiger charge is 2.43. The number of aromatic nitrogens is 3. The minimum atomic E-state index is -1.30. The van der Waals surface area contributed by atoms with Crippen LogP contribution in [0.15, 0.2) is 47.5 Å². The van der Waals surface area contributed by atoms with Crippen molar-refractivity contribution in [2.45, 2.75) is 5.00 Å². The molecule has 1 aliphatic carbocycles. The van der Waals surface area contributed by atoms with Crippen LogP contribution in [0, 0.1) is 5.92 Å². The van der Waals surface area contributed by atoms with E-state index in [2.05, 4.69) is 10.3 Å². The summed E-state index contributed by atoms with van der Waals surface area (Å²) in [6.07, 6.45) is 4.72. The molecule has 2 unspecified atom stereocenters. The molecule has 2 N–H and O–H groups in total. The van der Waals surface area contributed by atoms with Crippen LogP contribution in [0.1, 0.15) is 0 Å². The van der Waals surface area contributed by atoms with E-state index in [1.54, 1.807) is 18.2 Å². The molecule has 0 spiro atoms. The number of primary amides is 1. The molecule has 0 fully saturated rings. The van der Waals surface area contributed by atoms with Crippen LogP contribution < -0.4 is 5.73 Å². The summed E-state index contributed by atoms with van der Waals surface area (Å²) < 4.78 is 1.46. The number of benzene rings is 1. The van der Waals surface area contributed by atoms with E-state index in [-0.39, 0.29) is 0 Å². The minimum Gasteiger partial charge on any atom is -0.369 e. The monoisotopic (exact) mass is 308 g/mol. The number of hydrogen-bond acceptors (Lipinski definition) is 3. The molecular weight excluding hydrogens is 299 g/mol. The molecule has 0 radical (unpaired) electrons. The van der Waals surface area contributed by atoms with Gasteiger partial charge in [0.1, 0.15) is 5.52 Å². The van der Waals surface area contributed by atoms with Crippen molar-refractivity contribution in [3.05, 3.63) is 47.5 Å². The molecule has 0 bridgehead atoms. The molecule has 1 aromatic carbocycles. The first kappa shape index (κ1) is 13.1. The van der Waals surface area contributed by atoms with Gasteiger partial charge in [-0.1, -0.05) is 46.6 Å². The maximum atomic E-state index is 11.7. The highest BCUT2D eigenvalue weighted by atomic mass is 35.5. The Hall–Kier alpha value is -1.85. The van der Waals surface area contributed by atoms with Crippen molar-refractivity contribution < 1.29 is 4.79 Å². The van der Waals surface area contributed by atoms with Crippen molar-refractivity contribution in [1.29, 1.82) is 0 Å². The van der Waals surface area contributed by atoms with Gasteiger partial charge in [0, 0.05) is 5.03 Å². The van der Waals surface area contributed by atoms with Crippen LogP contribution in [0.4, 0.5) is 0 Å². The molecule has 2 atom stereocenters. The van der Waals surface area contributed by atoms with Crippen LogP contribution in [0.2, 0.25) is 0 Å². The number of hydrogen-bond donors (Lipinski definition) is 1. The first-order valence-electron chi connectivity index (χ1n) is 5.88. The third-order valence-corrected chi connectivity index (χ3v) is 3.95. The van der Waals surface area contributed by atoms with Crippen LogP contribution in [-0.4, -0.2) is 20.9 Å². The molecule has 3 rings (SSSR count). The second kappa shape index (κ2) is 4.61. The van der Waals surface area contributed by atoms with Gasteiger partial charge in [-0.05, 0) is 24.3 Å². The van der Waals surface area contributed by atoms with Crippen molar-refractivity contribution in [2.24, 2.45) is 11.7 Å². The number of allylic oxidation sites excluding steroid dienone is 3. The molecule has 7 heteroatoms. The summed E-state index contributed by atoms with van der Waals surface area (Å²) in [4.78, 5) is 10.4. The number of amides is 1. The molecule has 2 aromatic rings. The van der Waals surface area contributed by atoms with E-state index < -0.39 is 16.8 Å². The van der Waals surface area contributed by atoms with Gasteiger partial charge in [0.05, 0.1) is 11.4 Å². The summed E-state index contributed by atoms with van der Waals surface area (Å²) in [5.41, 5.74) is 6.80. The van der Waals surface area contributed by atoms with Gasteiger partial charge < -0.3 is 5.73 Å². The average Bonchev–Trinajstić information content (AvgIpc) is 2.82. The lowest BCUT2D eigenvalue weighted by molar-refractivity contribution is -0.121. The van der Waals surface area contributed by atoms with Gasteiger partial charge in [-0.15, -0.1) is 5.10 Å². The van der Waals surface area contributed by atoms with Gasteiger partial charge in [0.2, 0.25) is 5.91 Å². The zero-order valence-corrected chi connectivity index (χ0v) is 11.7. The lowest BCUT2D eigenvalue weighted by Crippen LogP contribution is -2.42. The maximum absolute atomic E-state index is 11.7. The first-order chi connectivity index (χ1) is 9.52. The second-order valence-corrected chi connectivity index (χ2v) is 5.53. The fourth-order valence-corrected chi connectivity index (χ4v) is 2.98. The van der Waals surface area contributed by atoms with Gasteiger partial charge in [-0.3, -0.25) is 4.79 Å². The Bertz CT molecular complexity index is 752. The number of nitrogens with two attached hydrogens (primary N) is 1. The lowest BCUT2D eigenvalue weighted by Gasteiger charge is -2.31. The Balaban J connectivity index is 2.23. The zero-order chi connectivity index (χ0) is 14.3. The number of carbonyl (C=O) groups excluding carboxylic acids is 1. The first-order valence-corrected chi connectivity index (χ1v) is 6.63. The van der Waals surface area contributed by atoms with E-state index in [1.165, 1.54) is 4.68 Å². The van der Waals surface area contributed by atoms with Gasteiger partial charge >= 0.3 is 0 Å². The van der Waals surface area contributed by atoms with E-state index in [4.69, 9.17) is 28.9 Å². The quantitative estimate of drug-likeness (QED) is 0.864. The van der Waals surface area contributed by atoms with Crippen LogP contribution in [-0.2, 0) is 9.79 Å². The van der Waals surface area contributed by atoms with Gasteiger partial charge in [-0.2, -0.15) is 0 Å². The Morgan fingerprint density at radius 1 is 1.40 bits per heavy atom. The molecule has 0 saturated heterocycles. The number of halogens is 2. The maximum Gasteiger partial charge on any atom is 0.228 e. The van der Waals surface area contributed by atoms with Crippen molar-refractivity contribution in [2.75, 3.05) is 0 Å². The Labute approximate surface area is 124 Å². The minimum absolute atomic E-state index is 0.414. The molecular formula is C13H10Cl2N4O. The van der Waals surface area contributed by atoms with Crippen LogP contribution >= 0.6 is 23.2 Å². The van der Waals surface area contributed by atoms with Crippen molar-refractivity contribution in [3.8, 4) is 0 Å². The van der Waals surface area contributed by atoms with Crippen LogP contribution in [0.3, 0.4) is 0 Å². The van der Waals surface area contributed by atoms with Crippen molar-refractivity contribution in [1.82, 2.24) is 15.0 Å². The Morgan fingerprint density at radius 2 is 2.15 bits per heavy atom. The van der Waals surface area contributed by atoms with E-state index in [9.17, 15) is 4.79 Å². The van der Waals surface area contributed by atoms with Crippen molar-refractivity contribution >= 4 is 40.1 Å². The third-order valence-electron chi connectivity index (χ3n) is 3.21. The topological polar surface area (TPSA) is 73.8 Å². The molecule has 102 valence electrons. The van der Waals surface area contributed by atoms with Gasteiger partial charge in [-0.25, -0.2) is 4.68 Å². The fourth-order valence-electron chi connectivity index (χ4n) is 2.26. The normalized spacial score (nSPS) is 25.7. The summed E-state index contributed by atoms with van der Waals surface area (Å²) in [7, 11) is 0. The summed E-state index contributed by atoms with van der Waals surface area (Å²) in [5, 5.41) is 8.50. The number of fused-ring (bicyclic) bond motifs is 1. The molecule has 1 heterocycles. The molecule has 0 saturated carbocycles. The smallest absolute Gasteiger partial charge is 0.228 e. The molecule has 1 amide bonds. The molecule has 1 aliphatic rings. The van der Waals surface area contributed by atoms with Crippen LogP contribution in [0.5, 0.6) is 0 Å². The fraction of sp³-hybridized carbons (Fsp3) is 0.154. The van der Waals surface area contributed by atoms with Gasteiger partial charge in [0.25, 0.3) is 0 Å². The second-order valence-electron chi connectivity index (χ2n) is 4.49. The van der Waals surface area contributed by atoms with E-state index in [0.29, 0.717) is 16.1 Å². The largest absolute Gasteiger partial charge is 0.369 e. The number of nitrogens with zero attached hydrogens (tertiary/aromatic N) is 3. The number of alkyl halides is 1. The summed E-state index contributed by atoms with van der Waals surface area (Å²) in [6.45, 7) is 0. The Kier molecular flexibility index (Phi) is 3.03. The average molecular weight is 309 g/mol. The van der Waals surface area contributed by atoms with Crippen LogP contribution in [0.25, 0.3) is 11.0 Å². The van der Waals surface area contributed by atoms with Crippen molar-refractivity contribution in [3.63, 3.8) is 0 Å². The SMILES string of the molecule is NC(=O)C1C=CC(Cl)=CC1(Cl)n1nnc2ccccc21. The van der Waals surface area contributed by atoms with E-state index in [1.807, 2.05) is 24.3 Å². The number of carbonyl (C=O) groups is 1. The highest BCUT2D eigenvalue weighted by Crippen LogP contribution is 2.40. The molecule has 5 nitrogen and oxygen atoms in total. The zero-order valence-electron chi connectivity index (χ0n) is 10.2. The summed E-state index contributed by atoms with van der Waals surface area (Å²) in [5.74, 6) is -1.33.